The molecule has 2 atom stereocenters. The molecule has 0 bridgehead atoms. The molecule has 110 valence electrons. The first-order chi connectivity index (χ1) is 8.61. The number of carbonyl (C=O) groups is 2. The van der Waals surface area contributed by atoms with Crippen LogP contribution in [0.2, 0.25) is 0 Å². The molecule has 6 heteroatoms. The minimum absolute atomic E-state index is 0. The summed E-state index contributed by atoms with van der Waals surface area (Å²) in [5, 5.41) is 3.24. The maximum Gasteiger partial charge on any atom is 0.226 e. The van der Waals surface area contributed by atoms with Gasteiger partial charge in [0.2, 0.25) is 11.8 Å². The molecule has 2 amide bonds. The van der Waals surface area contributed by atoms with Crippen molar-refractivity contribution in [1.82, 2.24) is 15.1 Å². The third-order valence-corrected chi connectivity index (χ3v) is 4.15. The van der Waals surface area contributed by atoms with E-state index in [4.69, 9.17) is 0 Å². The molecular formula is C13H24ClN3O2. The first kappa shape index (κ1) is 16.2. The van der Waals surface area contributed by atoms with Gasteiger partial charge < -0.3 is 15.1 Å². The van der Waals surface area contributed by atoms with E-state index in [1.54, 1.807) is 11.9 Å². The highest BCUT2D eigenvalue weighted by Gasteiger charge is 2.33. The molecule has 0 aromatic rings. The van der Waals surface area contributed by atoms with Crippen molar-refractivity contribution in [1.29, 1.82) is 0 Å². The summed E-state index contributed by atoms with van der Waals surface area (Å²) in [6, 6.07) is 0.407. The molecule has 0 aromatic heterocycles. The fraction of sp³-hybridized carbons (Fsp3) is 0.846. The molecule has 1 N–H and O–H groups in total. The highest BCUT2D eigenvalue weighted by atomic mass is 35.5. The Hall–Kier alpha value is -0.810. The van der Waals surface area contributed by atoms with Crippen molar-refractivity contribution < 1.29 is 9.59 Å². The predicted octanol–water partition coefficient (Wildman–Crippen LogP) is 0.487. The quantitative estimate of drug-likeness (QED) is 0.805. The second-order valence-corrected chi connectivity index (χ2v) is 5.42. The minimum atomic E-state index is -0.0932. The lowest BCUT2D eigenvalue weighted by Gasteiger charge is -2.36. The van der Waals surface area contributed by atoms with Crippen LogP contribution in [0.15, 0.2) is 0 Å². The Morgan fingerprint density at radius 1 is 1.32 bits per heavy atom. The summed E-state index contributed by atoms with van der Waals surface area (Å²) < 4.78 is 0. The monoisotopic (exact) mass is 289 g/mol. The van der Waals surface area contributed by atoms with E-state index in [1.165, 1.54) is 0 Å². The third-order valence-electron chi connectivity index (χ3n) is 4.15. The number of hydrogen-bond donors (Lipinski definition) is 1. The van der Waals surface area contributed by atoms with Crippen LogP contribution in [-0.4, -0.2) is 61.4 Å². The summed E-state index contributed by atoms with van der Waals surface area (Å²) in [6.07, 6.45) is 3.38. The fourth-order valence-corrected chi connectivity index (χ4v) is 2.82. The Morgan fingerprint density at radius 2 is 2.05 bits per heavy atom. The van der Waals surface area contributed by atoms with E-state index >= 15 is 0 Å². The number of likely N-dealkylation sites (N-methyl/N-ethyl adjacent to an activating group) is 1. The number of nitrogens with one attached hydrogen (secondary N) is 1. The maximum atomic E-state index is 12.4. The van der Waals surface area contributed by atoms with Crippen LogP contribution in [0.3, 0.4) is 0 Å². The molecule has 0 aliphatic carbocycles. The van der Waals surface area contributed by atoms with Gasteiger partial charge in [0.15, 0.2) is 0 Å². The normalized spacial score (nSPS) is 28.0. The van der Waals surface area contributed by atoms with Gasteiger partial charge in [-0.25, -0.2) is 0 Å². The number of nitrogens with zero attached hydrogens (tertiary/aromatic N) is 2. The first-order valence-electron chi connectivity index (χ1n) is 6.82. The molecule has 19 heavy (non-hydrogen) atoms. The van der Waals surface area contributed by atoms with E-state index in [9.17, 15) is 9.59 Å². The van der Waals surface area contributed by atoms with Gasteiger partial charge in [-0.05, 0) is 26.3 Å². The summed E-state index contributed by atoms with van der Waals surface area (Å²) in [6.45, 7) is 2.34. The van der Waals surface area contributed by atoms with E-state index in [0.29, 0.717) is 19.0 Å². The number of halogens is 1. The lowest BCUT2D eigenvalue weighted by atomic mass is 9.93. The zero-order valence-electron chi connectivity index (χ0n) is 11.7. The van der Waals surface area contributed by atoms with E-state index in [-0.39, 0.29) is 30.1 Å². The highest BCUT2D eigenvalue weighted by molar-refractivity contribution is 5.87. The molecule has 0 spiro atoms. The average Bonchev–Trinajstić information content (AvgIpc) is 2.41. The molecular weight excluding hydrogens is 266 g/mol. The van der Waals surface area contributed by atoms with Crippen LogP contribution in [0, 0.1) is 5.92 Å². The van der Waals surface area contributed by atoms with Gasteiger partial charge in [0.05, 0.1) is 0 Å². The predicted molar refractivity (Wildman–Crippen MR) is 76.3 cm³/mol. The summed E-state index contributed by atoms with van der Waals surface area (Å²) in [4.78, 5) is 27.7. The number of hydrogen-bond acceptors (Lipinski definition) is 3. The molecule has 2 heterocycles. The van der Waals surface area contributed by atoms with Gasteiger partial charge in [-0.15, -0.1) is 12.4 Å². The zero-order valence-corrected chi connectivity index (χ0v) is 12.5. The van der Waals surface area contributed by atoms with Crippen molar-refractivity contribution >= 4 is 24.2 Å². The molecule has 2 unspecified atom stereocenters. The average molecular weight is 290 g/mol. The molecule has 2 aliphatic heterocycles. The van der Waals surface area contributed by atoms with Crippen LogP contribution in [0.5, 0.6) is 0 Å². The van der Waals surface area contributed by atoms with Crippen molar-refractivity contribution in [2.45, 2.75) is 31.7 Å². The zero-order chi connectivity index (χ0) is 13.1. The van der Waals surface area contributed by atoms with Crippen LogP contribution in [0.25, 0.3) is 0 Å². The molecule has 2 saturated heterocycles. The fourth-order valence-electron chi connectivity index (χ4n) is 2.82. The highest BCUT2D eigenvalue weighted by Crippen LogP contribution is 2.21. The van der Waals surface area contributed by atoms with Crippen LogP contribution < -0.4 is 5.32 Å². The molecule has 0 saturated carbocycles. The van der Waals surface area contributed by atoms with Gasteiger partial charge in [0.1, 0.15) is 0 Å². The molecule has 5 nitrogen and oxygen atoms in total. The Kier molecular flexibility index (Phi) is 6.07. The van der Waals surface area contributed by atoms with Gasteiger partial charge in [-0.2, -0.15) is 0 Å². The van der Waals surface area contributed by atoms with Crippen LogP contribution in [0.1, 0.15) is 25.7 Å². The number of amides is 2. The largest absolute Gasteiger partial charge is 0.346 e. The number of piperidine rings is 2. The van der Waals surface area contributed by atoms with E-state index in [0.717, 1.165) is 32.4 Å². The van der Waals surface area contributed by atoms with E-state index in [1.807, 2.05) is 11.9 Å². The van der Waals surface area contributed by atoms with Crippen LogP contribution in [0.4, 0.5) is 0 Å². The van der Waals surface area contributed by atoms with Crippen molar-refractivity contribution in [2.24, 2.45) is 5.92 Å². The van der Waals surface area contributed by atoms with Gasteiger partial charge >= 0.3 is 0 Å². The second-order valence-electron chi connectivity index (χ2n) is 5.42. The van der Waals surface area contributed by atoms with Crippen molar-refractivity contribution in [3.63, 3.8) is 0 Å². The van der Waals surface area contributed by atoms with Gasteiger partial charge in [-0.3, -0.25) is 9.59 Å². The Balaban J connectivity index is 0.00000180. The standard InChI is InChI=1S/C13H23N3O2.ClH/c1-14-11-4-3-6-16(9-11)13(18)10-5-7-15(2)12(17)8-10;/h10-11,14H,3-9H2,1-2H3;1H. The van der Waals surface area contributed by atoms with Crippen molar-refractivity contribution in [2.75, 3.05) is 33.7 Å². The van der Waals surface area contributed by atoms with E-state index in [2.05, 4.69) is 5.32 Å². The van der Waals surface area contributed by atoms with Crippen LogP contribution in [-0.2, 0) is 9.59 Å². The lowest BCUT2D eigenvalue weighted by molar-refractivity contribution is -0.145. The summed E-state index contributed by atoms with van der Waals surface area (Å²) >= 11 is 0. The summed E-state index contributed by atoms with van der Waals surface area (Å²) in [5.41, 5.74) is 0. The Labute approximate surface area is 121 Å². The van der Waals surface area contributed by atoms with Gasteiger partial charge in [-0.1, -0.05) is 0 Å². The molecule has 2 fully saturated rings. The second kappa shape index (κ2) is 7.10. The number of rotatable bonds is 2. The number of likely N-dealkylation sites (tertiary alicyclic amines) is 2. The smallest absolute Gasteiger partial charge is 0.226 e. The SMILES string of the molecule is CNC1CCCN(C(=O)C2CCN(C)C(=O)C2)C1.Cl. The summed E-state index contributed by atoms with van der Waals surface area (Å²) in [7, 11) is 3.75. The van der Waals surface area contributed by atoms with Gasteiger partial charge in [0, 0.05) is 45.1 Å². The van der Waals surface area contributed by atoms with Crippen molar-refractivity contribution in [3.05, 3.63) is 0 Å². The van der Waals surface area contributed by atoms with Crippen molar-refractivity contribution in [3.8, 4) is 0 Å². The minimum Gasteiger partial charge on any atom is -0.346 e. The van der Waals surface area contributed by atoms with Gasteiger partial charge in [0.25, 0.3) is 0 Å². The molecule has 0 aromatic carbocycles. The Morgan fingerprint density at radius 3 is 2.68 bits per heavy atom. The maximum absolute atomic E-state index is 12.4. The number of carbonyl (C=O) groups excluding carboxylic acids is 2. The molecule has 2 aliphatic rings. The van der Waals surface area contributed by atoms with Crippen LogP contribution >= 0.6 is 12.4 Å². The van der Waals surface area contributed by atoms with E-state index < -0.39 is 0 Å². The molecule has 2 rings (SSSR count). The third kappa shape index (κ3) is 3.83. The topological polar surface area (TPSA) is 52.7 Å². The molecule has 0 radical (unpaired) electrons. The first-order valence-corrected chi connectivity index (χ1v) is 6.82. The lowest BCUT2D eigenvalue weighted by Crippen LogP contribution is -2.50. The Bertz CT molecular complexity index is 338. The summed E-state index contributed by atoms with van der Waals surface area (Å²) in [5.74, 6) is 0.183.